The van der Waals surface area contributed by atoms with E-state index in [1.165, 1.54) is 0 Å². The van der Waals surface area contributed by atoms with Gasteiger partial charge in [-0.05, 0) is 39.3 Å². The number of nitrogens with one attached hydrogen (secondary N) is 2. The third-order valence-corrected chi connectivity index (χ3v) is 2.19. The highest BCUT2D eigenvalue weighted by atomic mass is 16.2. The molecule has 0 bridgehead atoms. The van der Waals surface area contributed by atoms with Crippen LogP contribution in [0.25, 0.3) is 0 Å². The first-order chi connectivity index (χ1) is 7.50. The van der Waals surface area contributed by atoms with Gasteiger partial charge in [-0.1, -0.05) is 6.07 Å². The van der Waals surface area contributed by atoms with Gasteiger partial charge < -0.3 is 10.6 Å². The molecular weight excluding hydrogens is 202 g/mol. The highest BCUT2D eigenvalue weighted by molar-refractivity contribution is 5.84. The van der Waals surface area contributed by atoms with E-state index in [1.807, 2.05) is 39.8 Å². The molecule has 1 unspecified atom stereocenters. The number of carbonyl (C=O) groups excluding carboxylic acids is 1. The molecule has 0 saturated heterocycles. The fourth-order valence-electron chi connectivity index (χ4n) is 1.32. The Morgan fingerprint density at radius 2 is 2.06 bits per heavy atom. The summed E-state index contributed by atoms with van der Waals surface area (Å²) in [4.78, 5) is 15.9. The van der Waals surface area contributed by atoms with E-state index in [9.17, 15) is 4.79 Å². The third kappa shape index (κ3) is 3.53. The minimum atomic E-state index is -0.281. The molecule has 1 amide bonds. The van der Waals surface area contributed by atoms with Gasteiger partial charge in [-0.2, -0.15) is 0 Å². The Morgan fingerprint density at radius 1 is 1.38 bits per heavy atom. The molecule has 0 aliphatic carbocycles. The Balaban J connectivity index is 2.61. The van der Waals surface area contributed by atoms with E-state index < -0.39 is 0 Å². The van der Waals surface area contributed by atoms with Crippen molar-refractivity contribution in [1.29, 1.82) is 0 Å². The second-order valence-electron chi connectivity index (χ2n) is 4.20. The van der Waals surface area contributed by atoms with Crippen molar-refractivity contribution < 1.29 is 4.79 Å². The number of hydrogen-bond donors (Lipinski definition) is 2. The molecule has 4 heteroatoms. The first kappa shape index (κ1) is 12.5. The number of amides is 1. The van der Waals surface area contributed by atoms with Gasteiger partial charge in [-0.25, -0.2) is 4.98 Å². The van der Waals surface area contributed by atoms with Crippen LogP contribution in [0.2, 0.25) is 0 Å². The van der Waals surface area contributed by atoms with Crippen LogP contribution in [0.1, 0.15) is 26.3 Å². The molecule has 0 spiro atoms. The number of aryl methyl sites for hydroxylation is 1. The SMILES string of the molecule is Cc1cccnc1NC(C)C(=O)NC(C)C. The molecule has 0 saturated carbocycles. The van der Waals surface area contributed by atoms with Gasteiger partial charge in [-0.15, -0.1) is 0 Å². The van der Waals surface area contributed by atoms with Crippen LogP contribution in [-0.4, -0.2) is 23.0 Å². The molecule has 0 aliphatic heterocycles. The number of hydrogen-bond acceptors (Lipinski definition) is 3. The molecule has 0 aliphatic rings. The van der Waals surface area contributed by atoms with Gasteiger partial charge in [0.15, 0.2) is 0 Å². The van der Waals surface area contributed by atoms with Crippen LogP contribution < -0.4 is 10.6 Å². The number of anilines is 1. The first-order valence-corrected chi connectivity index (χ1v) is 5.49. The van der Waals surface area contributed by atoms with Crippen LogP contribution in [-0.2, 0) is 4.79 Å². The summed E-state index contributed by atoms with van der Waals surface area (Å²) in [5.41, 5.74) is 1.03. The maximum absolute atomic E-state index is 11.7. The first-order valence-electron chi connectivity index (χ1n) is 5.49. The summed E-state index contributed by atoms with van der Waals surface area (Å²) in [5.74, 6) is 0.744. The van der Waals surface area contributed by atoms with Gasteiger partial charge in [0.25, 0.3) is 0 Å². The summed E-state index contributed by atoms with van der Waals surface area (Å²) >= 11 is 0. The maximum Gasteiger partial charge on any atom is 0.242 e. The molecule has 0 fully saturated rings. The fraction of sp³-hybridized carbons (Fsp3) is 0.500. The average molecular weight is 221 g/mol. The van der Waals surface area contributed by atoms with Gasteiger partial charge >= 0.3 is 0 Å². The van der Waals surface area contributed by atoms with Crippen LogP contribution in [0, 0.1) is 6.92 Å². The molecule has 1 rings (SSSR count). The summed E-state index contributed by atoms with van der Waals surface area (Å²) < 4.78 is 0. The maximum atomic E-state index is 11.7. The Bertz CT molecular complexity index is 363. The second-order valence-corrected chi connectivity index (χ2v) is 4.20. The topological polar surface area (TPSA) is 54.0 Å². The molecule has 88 valence electrons. The van der Waals surface area contributed by atoms with E-state index in [-0.39, 0.29) is 18.0 Å². The number of rotatable bonds is 4. The predicted octanol–water partition coefficient (Wildman–Crippen LogP) is 1.72. The lowest BCUT2D eigenvalue weighted by atomic mass is 10.2. The van der Waals surface area contributed by atoms with E-state index in [2.05, 4.69) is 15.6 Å². The van der Waals surface area contributed by atoms with Crippen LogP contribution in [0.5, 0.6) is 0 Å². The summed E-state index contributed by atoms with van der Waals surface area (Å²) in [6.07, 6.45) is 1.71. The van der Waals surface area contributed by atoms with Crippen LogP contribution in [0.4, 0.5) is 5.82 Å². The Labute approximate surface area is 96.5 Å². The van der Waals surface area contributed by atoms with Gasteiger partial charge in [0.1, 0.15) is 11.9 Å². The Morgan fingerprint density at radius 3 is 2.62 bits per heavy atom. The van der Waals surface area contributed by atoms with Crippen LogP contribution in [0.3, 0.4) is 0 Å². The van der Waals surface area contributed by atoms with Crippen molar-refractivity contribution in [1.82, 2.24) is 10.3 Å². The molecule has 0 aromatic carbocycles. The minimum Gasteiger partial charge on any atom is -0.358 e. The largest absolute Gasteiger partial charge is 0.358 e. The summed E-state index contributed by atoms with van der Waals surface area (Å²) in [5, 5.41) is 5.95. The predicted molar refractivity (Wildman–Crippen MR) is 65.3 cm³/mol. The lowest BCUT2D eigenvalue weighted by Crippen LogP contribution is -2.41. The summed E-state index contributed by atoms with van der Waals surface area (Å²) in [7, 11) is 0. The number of pyridine rings is 1. The molecule has 1 aromatic rings. The molecule has 0 radical (unpaired) electrons. The molecule has 2 N–H and O–H groups in total. The van der Waals surface area contributed by atoms with Crippen molar-refractivity contribution in [2.45, 2.75) is 39.8 Å². The molecule has 1 aromatic heterocycles. The van der Waals surface area contributed by atoms with Crippen LogP contribution >= 0.6 is 0 Å². The van der Waals surface area contributed by atoms with Crippen LogP contribution in [0.15, 0.2) is 18.3 Å². The second kappa shape index (κ2) is 5.49. The molecule has 1 atom stereocenters. The van der Waals surface area contributed by atoms with Crippen molar-refractivity contribution in [3.05, 3.63) is 23.9 Å². The highest BCUT2D eigenvalue weighted by Crippen LogP contribution is 2.10. The lowest BCUT2D eigenvalue weighted by Gasteiger charge is -2.17. The number of aromatic nitrogens is 1. The molecular formula is C12H19N3O. The van der Waals surface area contributed by atoms with E-state index >= 15 is 0 Å². The third-order valence-electron chi connectivity index (χ3n) is 2.19. The highest BCUT2D eigenvalue weighted by Gasteiger charge is 2.14. The summed E-state index contributed by atoms with van der Waals surface area (Å²) in [6.45, 7) is 7.67. The van der Waals surface area contributed by atoms with E-state index in [1.54, 1.807) is 6.20 Å². The molecule has 4 nitrogen and oxygen atoms in total. The number of carbonyl (C=O) groups is 1. The van der Waals surface area contributed by atoms with E-state index in [4.69, 9.17) is 0 Å². The quantitative estimate of drug-likeness (QED) is 0.814. The standard InChI is InChI=1S/C12H19N3O/c1-8(2)14-12(16)10(4)15-11-9(3)6-5-7-13-11/h5-8,10H,1-4H3,(H,13,15)(H,14,16). The normalized spacial score (nSPS) is 12.3. The van der Waals surface area contributed by atoms with Crippen molar-refractivity contribution in [2.24, 2.45) is 0 Å². The zero-order valence-electron chi connectivity index (χ0n) is 10.2. The Hall–Kier alpha value is -1.58. The van der Waals surface area contributed by atoms with Crippen molar-refractivity contribution in [3.63, 3.8) is 0 Å². The van der Waals surface area contributed by atoms with Gasteiger partial charge in [-0.3, -0.25) is 4.79 Å². The summed E-state index contributed by atoms with van der Waals surface area (Å²) in [6, 6.07) is 3.71. The minimum absolute atomic E-state index is 0.0138. The zero-order chi connectivity index (χ0) is 12.1. The van der Waals surface area contributed by atoms with Crippen molar-refractivity contribution in [3.8, 4) is 0 Å². The van der Waals surface area contributed by atoms with Gasteiger partial charge in [0.05, 0.1) is 0 Å². The smallest absolute Gasteiger partial charge is 0.242 e. The van der Waals surface area contributed by atoms with E-state index in [0.29, 0.717) is 0 Å². The monoisotopic (exact) mass is 221 g/mol. The number of nitrogens with zero attached hydrogens (tertiary/aromatic N) is 1. The van der Waals surface area contributed by atoms with Crippen molar-refractivity contribution >= 4 is 11.7 Å². The van der Waals surface area contributed by atoms with Gasteiger partial charge in [0, 0.05) is 12.2 Å². The van der Waals surface area contributed by atoms with E-state index in [0.717, 1.165) is 11.4 Å². The molecule has 1 heterocycles. The van der Waals surface area contributed by atoms with Crippen molar-refractivity contribution in [2.75, 3.05) is 5.32 Å². The fourth-order valence-corrected chi connectivity index (χ4v) is 1.32. The molecule has 16 heavy (non-hydrogen) atoms. The zero-order valence-corrected chi connectivity index (χ0v) is 10.2. The average Bonchev–Trinajstić information content (AvgIpc) is 2.20. The lowest BCUT2D eigenvalue weighted by molar-refractivity contribution is -0.122. The van der Waals surface area contributed by atoms with Gasteiger partial charge in [0.2, 0.25) is 5.91 Å². The Kier molecular flexibility index (Phi) is 4.28.